The van der Waals surface area contributed by atoms with Crippen molar-refractivity contribution in [2.24, 2.45) is 0 Å². The van der Waals surface area contributed by atoms with Crippen molar-refractivity contribution >= 4 is 17.3 Å². The minimum absolute atomic E-state index is 0.138. The molecular formula is C24H28FN5O. The topological polar surface area (TPSA) is 53.8 Å². The normalized spacial score (nSPS) is 17.9. The summed E-state index contributed by atoms with van der Waals surface area (Å²) in [5, 5.41) is 9.38. The Kier molecular flexibility index (Phi) is 6.68. The third-order valence-corrected chi connectivity index (χ3v) is 6.14. The van der Waals surface area contributed by atoms with E-state index in [0.717, 1.165) is 38.3 Å². The van der Waals surface area contributed by atoms with Crippen LogP contribution in [0.4, 0.5) is 15.8 Å². The number of carbonyl (C=O) groups excluding carboxylic acids is 1. The van der Waals surface area contributed by atoms with Gasteiger partial charge in [-0.3, -0.25) is 9.69 Å². The second-order valence-corrected chi connectivity index (χ2v) is 8.06. The summed E-state index contributed by atoms with van der Waals surface area (Å²) in [4.78, 5) is 21.2. The highest BCUT2D eigenvalue weighted by molar-refractivity contribution is 5.78. The number of hydrogen-bond acceptors (Lipinski definition) is 5. The van der Waals surface area contributed by atoms with Crippen molar-refractivity contribution in [2.45, 2.75) is 6.42 Å². The lowest BCUT2D eigenvalue weighted by molar-refractivity contribution is -0.132. The molecule has 4 rings (SSSR count). The van der Waals surface area contributed by atoms with Gasteiger partial charge < -0.3 is 14.7 Å². The van der Waals surface area contributed by atoms with Gasteiger partial charge in [0.2, 0.25) is 5.91 Å². The Morgan fingerprint density at radius 1 is 0.839 bits per heavy atom. The van der Waals surface area contributed by atoms with Gasteiger partial charge in [-0.05, 0) is 30.7 Å². The lowest BCUT2D eigenvalue weighted by Gasteiger charge is -2.37. The Morgan fingerprint density at radius 2 is 1.48 bits per heavy atom. The van der Waals surface area contributed by atoms with Crippen molar-refractivity contribution in [2.75, 3.05) is 68.7 Å². The monoisotopic (exact) mass is 421 g/mol. The molecule has 2 saturated heterocycles. The number of nitriles is 1. The Balaban J connectivity index is 1.29. The highest BCUT2D eigenvalue weighted by Gasteiger charge is 2.25. The zero-order valence-electron chi connectivity index (χ0n) is 17.7. The minimum atomic E-state index is -0.214. The highest BCUT2D eigenvalue weighted by Crippen LogP contribution is 2.22. The first-order valence-electron chi connectivity index (χ1n) is 10.9. The van der Waals surface area contributed by atoms with Crippen molar-refractivity contribution in [3.63, 3.8) is 0 Å². The molecule has 0 aromatic heterocycles. The fraction of sp³-hybridized carbons (Fsp3) is 0.417. The molecule has 0 N–H and O–H groups in total. The van der Waals surface area contributed by atoms with Crippen LogP contribution in [0.5, 0.6) is 0 Å². The van der Waals surface area contributed by atoms with E-state index in [2.05, 4.69) is 15.9 Å². The maximum Gasteiger partial charge on any atom is 0.236 e. The van der Waals surface area contributed by atoms with Gasteiger partial charge in [0.05, 0.1) is 23.5 Å². The van der Waals surface area contributed by atoms with Crippen LogP contribution < -0.4 is 9.80 Å². The van der Waals surface area contributed by atoms with Crippen molar-refractivity contribution in [3.8, 4) is 6.07 Å². The zero-order valence-corrected chi connectivity index (χ0v) is 17.7. The largest absolute Gasteiger partial charge is 0.369 e. The molecule has 0 saturated carbocycles. The summed E-state index contributed by atoms with van der Waals surface area (Å²) in [6, 6.07) is 16.8. The van der Waals surface area contributed by atoms with Gasteiger partial charge in [-0.25, -0.2) is 4.39 Å². The number of amides is 1. The summed E-state index contributed by atoms with van der Waals surface area (Å²) >= 11 is 0. The first-order valence-corrected chi connectivity index (χ1v) is 10.9. The molecule has 6 nitrogen and oxygen atoms in total. The molecule has 7 heteroatoms. The third kappa shape index (κ3) is 4.97. The molecule has 2 fully saturated rings. The Bertz CT molecular complexity index is 951. The summed E-state index contributed by atoms with van der Waals surface area (Å²) in [6.45, 7) is 6.26. The summed E-state index contributed by atoms with van der Waals surface area (Å²) in [5.41, 5.74) is 2.28. The number of hydrogen-bond donors (Lipinski definition) is 0. The molecule has 0 unspecified atom stereocenters. The molecular weight excluding hydrogens is 393 g/mol. The van der Waals surface area contributed by atoms with Crippen LogP contribution in [-0.2, 0) is 4.79 Å². The van der Waals surface area contributed by atoms with Crippen molar-refractivity contribution in [3.05, 3.63) is 59.9 Å². The van der Waals surface area contributed by atoms with E-state index < -0.39 is 0 Å². The minimum Gasteiger partial charge on any atom is -0.369 e. The number of para-hydroxylation sites is 2. The number of carbonyl (C=O) groups is 1. The molecule has 0 radical (unpaired) electrons. The van der Waals surface area contributed by atoms with Crippen LogP contribution in [-0.4, -0.2) is 74.6 Å². The van der Waals surface area contributed by atoms with E-state index in [-0.39, 0.29) is 11.7 Å². The SMILES string of the molecule is N#Cc1ccccc1N1CCCN(CC(=O)N2CCN(c3ccccc3F)CC2)CC1. The first kappa shape index (κ1) is 21.1. The molecule has 31 heavy (non-hydrogen) atoms. The molecule has 2 heterocycles. The van der Waals surface area contributed by atoms with Crippen molar-refractivity contribution < 1.29 is 9.18 Å². The molecule has 162 valence electrons. The number of piperazine rings is 1. The van der Waals surface area contributed by atoms with E-state index in [9.17, 15) is 14.4 Å². The van der Waals surface area contributed by atoms with Gasteiger partial charge >= 0.3 is 0 Å². The van der Waals surface area contributed by atoms with Crippen molar-refractivity contribution in [1.82, 2.24) is 9.80 Å². The molecule has 0 atom stereocenters. The van der Waals surface area contributed by atoms with Gasteiger partial charge in [0.25, 0.3) is 0 Å². The van der Waals surface area contributed by atoms with E-state index >= 15 is 0 Å². The van der Waals surface area contributed by atoms with Gasteiger partial charge in [0.15, 0.2) is 0 Å². The average Bonchev–Trinajstić information content (AvgIpc) is 3.05. The van der Waals surface area contributed by atoms with E-state index in [0.29, 0.717) is 44.0 Å². The predicted octanol–water partition coefficient (Wildman–Crippen LogP) is 2.56. The molecule has 0 spiro atoms. The Hall–Kier alpha value is -3.11. The molecule has 2 aromatic carbocycles. The summed E-state index contributed by atoms with van der Waals surface area (Å²) in [5.74, 6) is -0.0755. The van der Waals surface area contributed by atoms with Crippen molar-refractivity contribution in [1.29, 1.82) is 5.26 Å². The lowest BCUT2D eigenvalue weighted by atomic mass is 10.1. The Labute approximate surface area is 183 Å². The van der Waals surface area contributed by atoms with Crippen LogP contribution in [0, 0.1) is 17.1 Å². The number of rotatable bonds is 4. The zero-order chi connectivity index (χ0) is 21.6. The fourth-order valence-electron chi connectivity index (χ4n) is 4.41. The lowest BCUT2D eigenvalue weighted by Crippen LogP contribution is -2.51. The van der Waals surface area contributed by atoms with E-state index in [1.54, 1.807) is 12.1 Å². The smallest absolute Gasteiger partial charge is 0.236 e. The van der Waals surface area contributed by atoms with Crippen LogP contribution in [0.25, 0.3) is 0 Å². The van der Waals surface area contributed by atoms with E-state index in [4.69, 9.17) is 0 Å². The molecule has 0 aliphatic carbocycles. The predicted molar refractivity (Wildman–Crippen MR) is 120 cm³/mol. The van der Waals surface area contributed by atoms with Gasteiger partial charge in [0.1, 0.15) is 11.9 Å². The maximum absolute atomic E-state index is 14.0. The van der Waals surface area contributed by atoms with Gasteiger partial charge in [-0.15, -0.1) is 0 Å². The standard InChI is InChI=1S/C24H28FN5O/c25-21-7-2-4-9-23(21)29-14-16-30(17-15-29)24(31)19-27-10-5-11-28(13-12-27)22-8-3-1-6-20(22)18-26/h1-4,6-9H,5,10-17,19H2. The summed E-state index contributed by atoms with van der Waals surface area (Å²) in [7, 11) is 0. The first-order chi connectivity index (χ1) is 15.2. The quantitative estimate of drug-likeness (QED) is 0.760. The molecule has 1 amide bonds. The number of anilines is 2. The van der Waals surface area contributed by atoms with Gasteiger partial charge in [-0.2, -0.15) is 5.26 Å². The summed E-state index contributed by atoms with van der Waals surface area (Å²) in [6.07, 6.45) is 0.952. The highest BCUT2D eigenvalue weighted by atomic mass is 19.1. The second kappa shape index (κ2) is 9.80. The van der Waals surface area contributed by atoms with Crippen LogP contribution in [0.2, 0.25) is 0 Å². The molecule has 2 aromatic rings. The van der Waals surface area contributed by atoms with Gasteiger partial charge in [-0.1, -0.05) is 24.3 Å². The van der Waals surface area contributed by atoms with Crippen LogP contribution in [0.15, 0.2) is 48.5 Å². The molecule has 0 bridgehead atoms. The fourth-order valence-corrected chi connectivity index (χ4v) is 4.41. The molecule has 2 aliphatic rings. The van der Waals surface area contributed by atoms with Crippen LogP contribution >= 0.6 is 0 Å². The Morgan fingerprint density at radius 3 is 2.23 bits per heavy atom. The number of halogens is 1. The van der Waals surface area contributed by atoms with Crippen LogP contribution in [0.3, 0.4) is 0 Å². The number of nitrogens with zero attached hydrogens (tertiary/aromatic N) is 5. The third-order valence-electron chi connectivity index (χ3n) is 6.14. The van der Waals surface area contributed by atoms with Crippen LogP contribution in [0.1, 0.15) is 12.0 Å². The van der Waals surface area contributed by atoms with E-state index in [1.807, 2.05) is 40.1 Å². The number of benzene rings is 2. The van der Waals surface area contributed by atoms with Gasteiger partial charge in [0, 0.05) is 52.4 Å². The average molecular weight is 422 g/mol. The molecule has 2 aliphatic heterocycles. The second-order valence-electron chi connectivity index (χ2n) is 8.06. The maximum atomic E-state index is 14.0. The van der Waals surface area contributed by atoms with E-state index in [1.165, 1.54) is 6.07 Å². The summed E-state index contributed by atoms with van der Waals surface area (Å²) < 4.78 is 14.0.